The number of rotatable bonds is 7. The van der Waals surface area contributed by atoms with Crippen molar-refractivity contribution < 1.29 is 41.5 Å². The molecule has 2 heterocycles. The minimum Gasteiger partial charge on any atom is -0.427 e. The van der Waals surface area contributed by atoms with Gasteiger partial charge in [0.05, 0.1) is 0 Å². The molecule has 5 rings (SSSR count). The molecule has 3 aromatic rings. The number of alkyl halides is 3. The van der Waals surface area contributed by atoms with Gasteiger partial charge in [-0.25, -0.2) is 9.18 Å². The number of ether oxygens (including phenoxy) is 1. The average molecular weight is 574 g/mol. The molecule has 2 unspecified atom stereocenters. The van der Waals surface area contributed by atoms with E-state index in [4.69, 9.17) is 4.74 Å². The molecule has 41 heavy (non-hydrogen) atoms. The number of amides is 4. The first-order valence-electron chi connectivity index (χ1n) is 12.5. The summed E-state index contributed by atoms with van der Waals surface area (Å²) in [7, 11) is 0. The number of benzene rings is 2. The maximum Gasteiger partial charge on any atom is 0.415 e. The number of hydrogen-bond donors (Lipinski definition) is 3. The quantitative estimate of drug-likeness (QED) is 0.364. The van der Waals surface area contributed by atoms with Crippen LogP contribution in [0, 0.1) is 5.82 Å². The van der Waals surface area contributed by atoms with Gasteiger partial charge < -0.3 is 15.0 Å². The van der Waals surface area contributed by atoms with Gasteiger partial charge in [-0.3, -0.25) is 24.8 Å². The summed E-state index contributed by atoms with van der Waals surface area (Å²) in [4.78, 5) is 51.5. The van der Waals surface area contributed by atoms with E-state index in [2.05, 4.69) is 20.8 Å². The van der Waals surface area contributed by atoms with Crippen LogP contribution in [0.3, 0.4) is 0 Å². The number of carbonyl (C=O) groups excluding carboxylic acids is 4. The first-order chi connectivity index (χ1) is 19.4. The molecule has 14 heteroatoms. The lowest BCUT2D eigenvalue weighted by Crippen LogP contribution is -2.46. The lowest BCUT2D eigenvalue weighted by Gasteiger charge is -2.32. The topological polar surface area (TPSA) is 133 Å². The first kappa shape index (κ1) is 27.8. The maximum atomic E-state index is 13.8. The third-order valence-corrected chi connectivity index (χ3v) is 7.26. The van der Waals surface area contributed by atoms with Crippen molar-refractivity contribution in [3.05, 3.63) is 82.9 Å². The number of imide groups is 1. The molecule has 4 amide bonds. The molecule has 1 aliphatic carbocycles. The van der Waals surface area contributed by atoms with Gasteiger partial charge in [-0.05, 0) is 54.3 Å². The number of hydrogen-bond acceptors (Lipinski definition) is 6. The Labute approximate surface area is 230 Å². The van der Waals surface area contributed by atoms with Crippen molar-refractivity contribution in [2.75, 3.05) is 5.32 Å². The van der Waals surface area contributed by atoms with E-state index in [0.717, 1.165) is 19.1 Å². The van der Waals surface area contributed by atoms with Crippen LogP contribution in [-0.4, -0.2) is 51.1 Å². The predicted octanol–water partition coefficient (Wildman–Crippen LogP) is 4.12. The molecular formula is C27H23F4N5O5. The Morgan fingerprint density at radius 2 is 1.90 bits per heavy atom. The smallest absolute Gasteiger partial charge is 0.415 e. The number of nitrogens with zero attached hydrogens (tertiary/aromatic N) is 2. The van der Waals surface area contributed by atoms with E-state index in [1.807, 2.05) is 0 Å². The minimum absolute atomic E-state index is 0.162. The summed E-state index contributed by atoms with van der Waals surface area (Å²) in [6, 6.07) is 8.44. The Kier molecular flexibility index (Phi) is 7.01. The van der Waals surface area contributed by atoms with Gasteiger partial charge in [0.2, 0.25) is 11.5 Å². The molecule has 1 fully saturated rings. The second-order valence-electron chi connectivity index (χ2n) is 9.87. The van der Waals surface area contributed by atoms with Crippen LogP contribution in [0.2, 0.25) is 0 Å². The summed E-state index contributed by atoms with van der Waals surface area (Å²) >= 11 is 0. The molecule has 1 aromatic heterocycles. The SMILES string of the molecule is CC(N(Cc1ccc(F)cc1)C(=O)CC1C[C@@]2(OC(=O)NC2=O)c2ccc(NC(=O)c3ccn[nH]3)cc21)C(F)(F)F. The molecule has 2 aliphatic rings. The number of anilines is 1. The molecule has 3 N–H and O–H groups in total. The van der Waals surface area contributed by atoms with Gasteiger partial charge in [0.15, 0.2) is 0 Å². The van der Waals surface area contributed by atoms with E-state index < -0.39 is 66.3 Å². The summed E-state index contributed by atoms with van der Waals surface area (Å²) in [6.45, 7) is 0.404. The Morgan fingerprint density at radius 1 is 1.17 bits per heavy atom. The van der Waals surface area contributed by atoms with E-state index in [9.17, 15) is 36.7 Å². The van der Waals surface area contributed by atoms with Crippen molar-refractivity contribution in [3.8, 4) is 0 Å². The lowest BCUT2D eigenvalue weighted by molar-refractivity contribution is -0.187. The normalized spacial score (nSPS) is 20.4. The molecule has 2 aromatic carbocycles. The third kappa shape index (κ3) is 5.36. The van der Waals surface area contributed by atoms with Crippen LogP contribution in [0.25, 0.3) is 0 Å². The predicted molar refractivity (Wildman–Crippen MR) is 134 cm³/mol. The molecular weight excluding hydrogens is 550 g/mol. The molecule has 214 valence electrons. The Balaban J connectivity index is 1.47. The number of aromatic amines is 1. The highest BCUT2D eigenvalue weighted by atomic mass is 19.4. The molecule has 0 radical (unpaired) electrons. The second kappa shape index (κ2) is 10.3. The highest BCUT2D eigenvalue weighted by Crippen LogP contribution is 2.51. The number of halogens is 4. The first-order valence-corrected chi connectivity index (χ1v) is 12.5. The van der Waals surface area contributed by atoms with Gasteiger partial charge >= 0.3 is 12.3 Å². The Morgan fingerprint density at radius 3 is 2.51 bits per heavy atom. The molecule has 1 aliphatic heterocycles. The number of fused-ring (bicyclic) bond motifs is 2. The number of alkyl carbamates (subject to hydrolysis) is 1. The molecule has 0 saturated carbocycles. The van der Waals surface area contributed by atoms with Crippen molar-refractivity contribution >= 4 is 29.5 Å². The fourth-order valence-electron chi connectivity index (χ4n) is 5.14. The minimum atomic E-state index is -4.75. The van der Waals surface area contributed by atoms with Gasteiger partial charge in [0.1, 0.15) is 17.6 Å². The Hall–Kier alpha value is -4.75. The monoisotopic (exact) mass is 573 g/mol. The van der Waals surface area contributed by atoms with Crippen molar-refractivity contribution in [2.24, 2.45) is 0 Å². The van der Waals surface area contributed by atoms with Crippen LogP contribution in [-0.2, 0) is 26.5 Å². The van der Waals surface area contributed by atoms with Crippen LogP contribution in [0.4, 0.5) is 28.0 Å². The van der Waals surface area contributed by atoms with Gasteiger partial charge in [-0.2, -0.15) is 18.3 Å². The van der Waals surface area contributed by atoms with Gasteiger partial charge in [-0.15, -0.1) is 0 Å². The van der Waals surface area contributed by atoms with Gasteiger partial charge in [0.25, 0.3) is 11.8 Å². The standard InChI is InChI=1S/C27H23F4N5O5/c1-14(27(29,30)31)36(13-15-2-4-17(28)5-3-15)22(37)10-16-12-26(24(39)34-25(40)41-26)20-7-6-18(11-19(16)20)33-23(38)21-8-9-32-35-21/h2-9,11,14,16H,10,12-13H2,1H3,(H,32,35)(H,33,38)(H,34,39,40)/t14?,16?,26-/m1/s1. The van der Waals surface area contributed by atoms with Crippen molar-refractivity contribution in [1.29, 1.82) is 0 Å². The molecule has 0 bridgehead atoms. The third-order valence-electron chi connectivity index (χ3n) is 7.26. The van der Waals surface area contributed by atoms with Gasteiger partial charge in [-0.1, -0.05) is 18.2 Å². The molecule has 10 nitrogen and oxygen atoms in total. The van der Waals surface area contributed by atoms with Gasteiger partial charge in [0, 0.05) is 36.8 Å². The van der Waals surface area contributed by atoms with Crippen LogP contribution < -0.4 is 10.6 Å². The Bertz CT molecular complexity index is 1510. The van der Waals surface area contributed by atoms with Crippen LogP contribution in [0.5, 0.6) is 0 Å². The van der Waals surface area contributed by atoms with E-state index in [-0.39, 0.29) is 28.9 Å². The summed E-state index contributed by atoms with van der Waals surface area (Å²) in [5.41, 5.74) is -0.447. The summed E-state index contributed by atoms with van der Waals surface area (Å²) < 4.78 is 60.1. The lowest BCUT2D eigenvalue weighted by atomic mass is 9.94. The maximum absolute atomic E-state index is 13.8. The van der Waals surface area contributed by atoms with Crippen LogP contribution in [0.1, 0.15) is 52.9 Å². The highest BCUT2D eigenvalue weighted by Gasteiger charge is 2.57. The highest BCUT2D eigenvalue weighted by molar-refractivity contribution is 6.05. The zero-order valence-electron chi connectivity index (χ0n) is 21.4. The van der Waals surface area contributed by atoms with Crippen LogP contribution >= 0.6 is 0 Å². The number of carbonyl (C=O) groups is 4. The number of H-pyrrole nitrogens is 1. The zero-order valence-corrected chi connectivity index (χ0v) is 21.4. The van der Waals surface area contributed by atoms with E-state index in [0.29, 0.717) is 10.5 Å². The van der Waals surface area contributed by atoms with Crippen molar-refractivity contribution in [1.82, 2.24) is 20.4 Å². The van der Waals surface area contributed by atoms with E-state index >= 15 is 0 Å². The van der Waals surface area contributed by atoms with Crippen molar-refractivity contribution in [2.45, 2.75) is 50.0 Å². The second-order valence-corrected chi connectivity index (χ2v) is 9.87. The average Bonchev–Trinajstić information content (AvgIpc) is 3.62. The summed E-state index contributed by atoms with van der Waals surface area (Å²) in [5, 5.41) is 11.0. The zero-order chi connectivity index (χ0) is 29.5. The molecule has 1 saturated heterocycles. The molecule has 1 spiro atoms. The largest absolute Gasteiger partial charge is 0.427 e. The number of nitrogens with one attached hydrogen (secondary N) is 3. The fraction of sp³-hybridized carbons (Fsp3) is 0.296. The van der Waals surface area contributed by atoms with E-state index in [1.165, 1.54) is 42.6 Å². The van der Waals surface area contributed by atoms with Crippen LogP contribution in [0.15, 0.2) is 54.7 Å². The molecule has 3 atom stereocenters. The summed E-state index contributed by atoms with van der Waals surface area (Å²) in [6.07, 6.45) is -5.04. The summed E-state index contributed by atoms with van der Waals surface area (Å²) in [5.74, 6) is -3.61. The van der Waals surface area contributed by atoms with E-state index in [1.54, 1.807) is 0 Å². The fourth-order valence-corrected chi connectivity index (χ4v) is 5.14. The van der Waals surface area contributed by atoms with Crippen molar-refractivity contribution in [3.63, 3.8) is 0 Å². The number of aromatic nitrogens is 2.